The maximum atomic E-state index is 12.9. The second-order valence-corrected chi connectivity index (χ2v) is 4.53. The molecule has 5 heteroatoms. The minimum atomic E-state index is -0.272. The predicted octanol–water partition coefficient (Wildman–Crippen LogP) is 2.78. The SMILES string of the molecule is Nc1ccc(Cc2nc(-c3ccc(F)cc3)n[nH]2)cc1. The Morgan fingerprint density at radius 3 is 2.40 bits per heavy atom. The number of benzene rings is 2. The van der Waals surface area contributed by atoms with E-state index in [0.29, 0.717) is 12.2 Å². The fraction of sp³-hybridized carbons (Fsp3) is 0.0667. The smallest absolute Gasteiger partial charge is 0.181 e. The number of anilines is 1. The van der Waals surface area contributed by atoms with Crippen LogP contribution in [0.3, 0.4) is 0 Å². The normalized spacial score (nSPS) is 10.7. The molecule has 4 nitrogen and oxygen atoms in total. The fourth-order valence-corrected chi connectivity index (χ4v) is 1.93. The van der Waals surface area contributed by atoms with Gasteiger partial charge in [-0.1, -0.05) is 12.1 Å². The predicted molar refractivity (Wildman–Crippen MR) is 75.4 cm³/mol. The number of nitrogen functional groups attached to an aromatic ring is 1. The molecule has 1 aromatic heterocycles. The molecule has 2 aromatic carbocycles. The number of nitrogens with zero attached hydrogens (tertiary/aromatic N) is 2. The van der Waals surface area contributed by atoms with Crippen molar-refractivity contribution in [2.45, 2.75) is 6.42 Å². The summed E-state index contributed by atoms with van der Waals surface area (Å²) in [4.78, 5) is 4.41. The van der Waals surface area contributed by atoms with Gasteiger partial charge in [-0.25, -0.2) is 9.37 Å². The lowest BCUT2D eigenvalue weighted by molar-refractivity contribution is 0.628. The highest BCUT2D eigenvalue weighted by molar-refractivity contribution is 5.54. The van der Waals surface area contributed by atoms with Crippen LogP contribution in [0.15, 0.2) is 48.5 Å². The van der Waals surface area contributed by atoms with Crippen molar-refractivity contribution in [3.05, 3.63) is 65.7 Å². The standard InChI is InChI=1S/C15H13FN4/c16-12-5-3-11(4-6-12)15-18-14(19-20-15)9-10-1-7-13(17)8-2-10/h1-8H,9,17H2,(H,18,19,20). The third kappa shape index (κ3) is 2.66. The van der Waals surface area contributed by atoms with Crippen LogP contribution in [0.25, 0.3) is 11.4 Å². The Hall–Kier alpha value is -2.69. The first kappa shape index (κ1) is 12.3. The number of halogens is 1. The Balaban J connectivity index is 1.80. The summed E-state index contributed by atoms with van der Waals surface area (Å²) in [6.45, 7) is 0. The largest absolute Gasteiger partial charge is 0.399 e. The molecule has 1 heterocycles. The zero-order valence-corrected chi connectivity index (χ0v) is 10.7. The highest BCUT2D eigenvalue weighted by atomic mass is 19.1. The van der Waals surface area contributed by atoms with Crippen LogP contribution in [0.2, 0.25) is 0 Å². The van der Waals surface area contributed by atoms with Gasteiger partial charge in [0.1, 0.15) is 11.6 Å². The molecule has 0 atom stereocenters. The number of nitrogens with two attached hydrogens (primary N) is 1. The Kier molecular flexibility index (Phi) is 3.16. The van der Waals surface area contributed by atoms with Gasteiger partial charge in [0.15, 0.2) is 5.82 Å². The number of aromatic amines is 1. The minimum absolute atomic E-state index is 0.272. The monoisotopic (exact) mass is 268 g/mol. The van der Waals surface area contributed by atoms with Crippen LogP contribution in [0.4, 0.5) is 10.1 Å². The number of rotatable bonds is 3. The molecule has 0 saturated heterocycles. The third-order valence-electron chi connectivity index (χ3n) is 2.99. The highest BCUT2D eigenvalue weighted by Crippen LogP contribution is 2.16. The van der Waals surface area contributed by atoms with E-state index in [1.165, 1.54) is 12.1 Å². The van der Waals surface area contributed by atoms with Gasteiger partial charge in [-0.05, 0) is 42.0 Å². The summed E-state index contributed by atoms with van der Waals surface area (Å²) in [6.07, 6.45) is 0.647. The van der Waals surface area contributed by atoms with Gasteiger partial charge in [-0.2, -0.15) is 5.10 Å². The van der Waals surface area contributed by atoms with Crippen LogP contribution in [0.5, 0.6) is 0 Å². The maximum absolute atomic E-state index is 12.9. The second-order valence-electron chi connectivity index (χ2n) is 4.53. The van der Waals surface area contributed by atoms with E-state index in [-0.39, 0.29) is 5.82 Å². The van der Waals surface area contributed by atoms with Crippen LogP contribution < -0.4 is 5.73 Å². The summed E-state index contributed by atoms with van der Waals surface area (Å²) in [5.74, 6) is 1.05. The highest BCUT2D eigenvalue weighted by Gasteiger charge is 2.06. The summed E-state index contributed by atoms with van der Waals surface area (Å²) in [5.41, 5.74) is 8.26. The molecule has 100 valence electrons. The fourth-order valence-electron chi connectivity index (χ4n) is 1.93. The molecule has 20 heavy (non-hydrogen) atoms. The van der Waals surface area contributed by atoms with E-state index >= 15 is 0 Å². The number of aromatic nitrogens is 3. The van der Waals surface area contributed by atoms with Crippen LogP contribution in [0, 0.1) is 5.82 Å². The van der Waals surface area contributed by atoms with Crippen molar-refractivity contribution in [1.82, 2.24) is 15.2 Å². The number of H-pyrrole nitrogens is 1. The van der Waals surface area contributed by atoms with Crippen LogP contribution in [-0.2, 0) is 6.42 Å². The topological polar surface area (TPSA) is 67.6 Å². The minimum Gasteiger partial charge on any atom is -0.399 e. The zero-order chi connectivity index (χ0) is 13.9. The molecule has 3 aromatic rings. The molecule has 3 N–H and O–H groups in total. The molecule has 0 aliphatic rings. The van der Waals surface area contributed by atoms with Crippen molar-refractivity contribution in [3.63, 3.8) is 0 Å². The van der Waals surface area contributed by atoms with Gasteiger partial charge in [0, 0.05) is 17.7 Å². The third-order valence-corrected chi connectivity index (χ3v) is 2.99. The quantitative estimate of drug-likeness (QED) is 0.718. The zero-order valence-electron chi connectivity index (χ0n) is 10.7. The summed E-state index contributed by atoms with van der Waals surface area (Å²) in [6, 6.07) is 13.7. The lowest BCUT2D eigenvalue weighted by Crippen LogP contribution is -1.92. The molecule has 0 amide bonds. The molecule has 0 radical (unpaired) electrons. The maximum Gasteiger partial charge on any atom is 0.181 e. The van der Waals surface area contributed by atoms with Crippen molar-refractivity contribution < 1.29 is 4.39 Å². The average Bonchev–Trinajstić information content (AvgIpc) is 2.91. The van der Waals surface area contributed by atoms with Crippen molar-refractivity contribution in [3.8, 4) is 11.4 Å². The summed E-state index contributed by atoms with van der Waals surface area (Å²) >= 11 is 0. The summed E-state index contributed by atoms with van der Waals surface area (Å²) in [5, 5.41) is 7.04. The van der Waals surface area contributed by atoms with Crippen molar-refractivity contribution >= 4 is 5.69 Å². The molecular weight excluding hydrogens is 255 g/mol. The van der Waals surface area contributed by atoms with E-state index in [2.05, 4.69) is 15.2 Å². The Morgan fingerprint density at radius 1 is 1.00 bits per heavy atom. The van der Waals surface area contributed by atoms with Gasteiger partial charge in [-0.3, -0.25) is 5.10 Å². The van der Waals surface area contributed by atoms with E-state index in [0.717, 1.165) is 22.6 Å². The van der Waals surface area contributed by atoms with Crippen LogP contribution in [0.1, 0.15) is 11.4 Å². The van der Waals surface area contributed by atoms with Crippen LogP contribution >= 0.6 is 0 Å². The van der Waals surface area contributed by atoms with Gasteiger partial charge in [0.2, 0.25) is 0 Å². The van der Waals surface area contributed by atoms with Gasteiger partial charge in [0.25, 0.3) is 0 Å². The molecule has 0 aliphatic carbocycles. The molecule has 0 bridgehead atoms. The number of hydrogen-bond acceptors (Lipinski definition) is 3. The first-order chi connectivity index (χ1) is 9.70. The molecule has 0 spiro atoms. The molecule has 0 fully saturated rings. The Labute approximate surface area is 115 Å². The van der Waals surface area contributed by atoms with Crippen molar-refractivity contribution in [2.24, 2.45) is 0 Å². The van der Waals surface area contributed by atoms with E-state index in [1.807, 2.05) is 24.3 Å². The van der Waals surface area contributed by atoms with E-state index in [4.69, 9.17) is 5.73 Å². The first-order valence-corrected chi connectivity index (χ1v) is 6.22. The van der Waals surface area contributed by atoms with E-state index in [1.54, 1.807) is 12.1 Å². The van der Waals surface area contributed by atoms with Crippen LogP contribution in [-0.4, -0.2) is 15.2 Å². The van der Waals surface area contributed by atoms with Gasteiger partial charge in [-0.15, -0.1) is 0 Å². The van der Waals surface area contributed by atoms with Gasteiger partial charge in [0.05, 0.1) is 0 Å². The summed E-state index contributed by atoms with van der Waals surface area (Å²) < 4.78 is 12.9. The van der Waals surface area contributed by atoms with E-state index < -0.39 is 0 Å². The number of nitrogens with one attached hydrogen (secondary N) is 1. The lowest BCUT2D eigenvalue weighted by atomic mass is 10.1. The van der Waals surface area contributed by atoms with Crippen molar-refractivity contribution in [2.75, 3.05) is 5.73 Å². The second kappa shape index (κ2) is 5.13. The summed E-state index contributed by atoms with van der Waals surface area (Å²) in [7, 11) is 0. The van der Waals surface area contributed by atoms with E-state index in [9.17, 15) is 4.39 Å². The average molecular weight is 268 g/mol. The Bertz CT molecular complexity index is 701. The molecule has 0 aliphatic heterocycles. The molecule has 0 unspecified atom stereocenters. The van der Waals surface area contributed by atoms with Gasteiger partial charge < -0.3 is 5.73 Å². The van der Waals surface area contributed by atoms with Crippen molar-refractivity contribution in [1.29, 1.82) is 0 Å². The Morgan fingerprint density at radius 2 is 1.70 bits per heavy atom. The van der Waals surface area contributed by atoms with Gasteiger partial charge >= 0.3 is 0 Å². The first-order valence-electron chi connectivity index (χ1n) is 6.22. The molecule has 3 rings (SSSR count). The molecular formula is C15H13FN4. The molecule has 0 saturated carbocycles. The lowest BCUT2D eigenvalue weighted by Gasteiger charge is -1.98. The number of hydrogen-bond donors (Lipinski definition) is 2.